The molecule has 132 valence electrons. The number of carbonyl (C=O) groups excluding carboxylic acids is 2. The van der Waals surface area contributed by atoms with Crippen LogP contribution in [0.4, 0.5) is 0 Å². The van der Waals surface area contributed by atoms with Crippen LogP contribution < -0.4 is 0 Å². The largest absolute Gasteiger partial charge is 0.463 e. The van der Waals surface area contributed by atoms with Gasteiger partial charge in [-0.25, -0.2) is 4.79 Å². The third kappa shape index (κ3) is 7.09. The number of hydrogen-bond donors (Lipinski definition) is 0. The second-order valence-electron chi connectivity index (χ2n) is 4.49. The van der Waals surface area contributed by atoms with Crippen molar-refractivity contribution in [3.05, 3.63) is 73.7 Å². The maximum absolute atomic E-state index is 11.0. The van der Waals surface area contributed by atoms with Crippen molar-refractivity contribution in [3.63, 3.8) is 0 Å². The highest BCUT2D eigenvalue weighted by molar-refractivity contribution is 6.43. The lowest BCUT2D eigenvalue weighted by molar-refractivity contribution is -0.137. The highest BCUT2D eigenvalue weighted by atomic mass is 35.5. The van der Waals surface area contributed by atoms with E-state index in [1.807, 2.05) is 0 Å². The molecule has 0 aliphatic heterocycles. The standard InChI is InChI=1S/C11H10Cl2O2.C7H4Cl2O/c1-2-15-10(14)7-6-8-4-3-5-9(12)11(8)13;8-6-3-1-2-5(4-10)7(6)9/h3-7H,2H2,1H3;1-4H. The van der Waals surface area contributed by atoms with Gasteiger partial charge in [-0.1, -0.05) is 70.7 Å². The summed E-state index contributed by atoms with van der Waals surface area (Å²) >= 11 is 23.0. The van der Waals surface area contributed by atoms with Crippen molar-refractivity contribution in [3.8, 4) is 0 Å². The Morgan fingerprint density at radius 1 is 0.960 bits per heavy atom. The minimum atomic E-state index is -0.395. The van der Waals surface area contributed by atoms with Gasteiger partial charge in [0.2, 0.25) is 0 Å². The van der Waals surface area contributed by atoms with Gasteiger partial charge in [0, 0.05) is 11.6 Å². The number of benzene rings is 2. The summed E-state index contributed by atoms with van der Waals surface area (Å²) in [5, 5.41) is 1.62. The summed E-state index contributed by atoms with van der Waals surface area (Å²) in [5.74, 6) is -0.395. The van der Waals surface area contributed by atoms with Crippen LogP contribution in [0.5, 0.6) is 0 Å². The number of ether oxygens (including phenoxy) is 1. The zero-order valence-corrected chi connectivity index (χ0v) is 16.2. The van der Waals surface area contributed by atoms with E-state index in [0.717, 1.165) is 0 Å². The number of rotatable bonds is 4. The third-order valence-electron chi connectivity index (χ3n) is 2.78. The first-order valence-electron chi connectivity index (χ1n) is 7.08. The Labute approximate surface area is 166 Å². The minimum absolute atomic E-state index is 0.319. The molecule has 0 spiro atoms. The van der Waals surface area contributed by atoms with Crippen LogP contribution in [0.3, 0.4) is 0 Å². The minimum Gasteiger partial charge on any atom is -0.463 e. The Morgan fingerprint density at radius 3 is 1.96 bits per heavy atom. The lowest BCUT2D eigenvalue weighted by Crippen LogP contribution is -1.98. The normalized spacial score (nSPS) is 10.1. The molecule has 0 N–H and O–H groups in total. The van der Waals surface area contributed by atoms with Crippen molar-refractivity contribution in [1.29, 1.82) is 0 Å². The van der Waals surface area contributed by atoms with Gasteiger partial charge in [0.05, 0.1) is 26.7 Å². The average Bonchev–Trinajstić information content (AvgIpc) is 2.59. The first-order chi connectivity index (χ1) is 11.9. The molecule has 0 aliphatic rings. The lowest BCUT2D eigenvalue weighted by atomic mass is 10.2. The average molecular weight is 420 g/mol. The van der Waals surface area contributed by atoms with E-state index in [2.05, 4.69) is 0 Å². The van der Waals surface area contributed by atoms with E-state index in [0.29, 0.717) is 44.1 Å². The van der Waals surface area contributed by atoms with E-state index < -0.39 is 5.97 Å². The van der Waals surface area contributed by atoms with Gasteiger partial charge in [0.1, 0.15) is 0 Å². The molecule has 7 heteroatoms. The number of aldehydes is 1. The Kier molecular flexibility index (Phi) is 9.61. The van der Waals surface area contributed by atoms with Crippen LogP contribution in [0.25, 0.3) is 6.08 Å². The van der Waals surface area contributed by atoms with Crippen molar-refractivity contribution in [2.75, 3.05) is 6.61 Å². The molecule has 0 fully saturated rings. The SMILES string of the molecule is CCOC(=O)C=Cc1cccc(Cl)c1Cl.O=Cc1cccc(Cl)c1Cl. The van der Waals surface area contributed by atoms with Gasteiger partial charge < -0.3 is 4.74 Å². The van der Waals surface area contributed by atoms with Gasteiger partial charge in [-0.15, -0.1) is 0 Å². The molecule has 2 aromatic rings. The number of hydrogen-bond acceptors (Lipinski definition) is 3. The van der Waals surface area contributed by atoms with Crippen LogP contribution in [0.15, 0.2) is 42.5 Å². The van der Waals surface area contributed by atoms with Crippen molar-refractivity contribution in [2.45, 2.75) is 6.92 Å². The Balaban J connectivity index is 0.000000271. The van der Waals surface area contributed by atoms with Gasteiger partial charge >= 0.3 is 5.97 Å². The number of esters is 1. The third-order valence-corrected chi connectivity index (χ3v) is 4.44. The van der Waals surface area contributed by atoms with Gasteiger partial charge in [-0.3, -0.25) is 4.79 Å². The van der Waals surface area contributed by atoms with Crippen molar-refractivity contribution in [2.24, 2.45) is 0 Å². The molecule has 3 nitrogen and oxygen atoms in total. The summed E-state index contributed by atoms with van der Waals surface area (Å²) < 4.78 is 4.73. The summed E-state index contributed by atoms with van der Waals surface area (Å²) in [5.41, 5.74) is 1.12. The van der Waals surface area contributed by atoms with E-state index >= 15 is 0 Å². The topological polar surface area (TPSA) is 43.4 Å². The molecule has 0 atom stereocenters. The molecule has 0 saturated carbocycles. The maximum Gasteiger partial charge on any atom is 0.330 e. The molecule has 0 bridgehead atoms. The predicted octanol–water partition coefficient (Wildman–Crippen LogP) is 6.38. The quantitative estimate of drug-likeness (QED) is 0.328. The van der Waals surface area contributed by atoms with E-state index in [1.54, 1.807) is 49.4 Å². The molecular weight excluding hydrogens is 406 g/mol. The van der Waals surface area contributed by atoms with Crippen molar-refractivity contribution in [1.82, 2.24) is 0 Å². The number of carbonyl (C=O) groups is 2. The lowest BCUT2D eigenvalue weighted by Gasteiger charge is -1.99. The second-order valence-corrected chi connectivity index (χ2v) is 6.06. The van der Waals surface area contributed by atoms with Crippen LogP contribution in [0, 0.1) is 0 Å². The molecule has 25 heavy (non-hydrogen) atoms. The van der Waals surface area contributed by atoms with Gasteiger partial charge in [0.25, 0.3) is 0 Å². The summed E-state index contributed by atoms with van der Waals surface area (Å²) in [4.78, 5) is 21.3. The zero-order chi connectivity index (χ0) is 18.8. The van der Waals surface area contributed by atoms with Crippen LogP contribution in [0.2, 0.25) is 20.1 Å². The van der Waals surface area contributed by atoms with E-state index in [1.165, 1.54) is 6.08 Å². The molecule has 0 amide bonds. The van der Waals surface area contributed by atoms with E-state index in [-0.39, 0.29) is 0 Å². The maximum atomic E-state index is 11.0. The van der Waals surface area contributed by atoms with Crippen molar-refractivity contribution >= 4 is 64.7 Å². The molecular formula is C18H14Cl4O3. The highest BCUT2D eigenvalue weighted by Crippen LogP contribution is 2.26. The fourth-order valence-corrected chi connectivity index (χ4v) is 2.33. The fraction of sp³-hybridized carbons (Fsp3) is 0.111. The van der Waals surface area contributed by atoms with E-state index in [9.17, 15) is 9.59 Å². The van der Waals surface area contributed by atoms with Crippen molar-refractivity contribution < 1.29 is 14.3 Å². The number of halogens is 4. The predicted molar refractivity (Wildman–Crippen MR) is 104 cm³/mol. The first kappa shape index (κ1) is 21.5. The van der Waals surface area contributed by atoms with Crippen LogP contribution >= 0.6 is 46.4 Å². The summed E-state index contributed by atoms with van der Waals surface area (Å²) in [7, 11) is 0. The molecule has 0 heterocycles. The molecule has 0 radical (unpaired) electrons. The summed E-state index contributed by atoms with van der Waals surface area (Å²) in [6, 6.07) is 10.1. The molecule has 2 aromatic carbocycles. The molecule has 0 aromatic heterocycles. The summed E-state index contributed by atoms with van der Waals surface area (Å²) in [6.45, 7) is 2.10. The fourth-order valence-electron chi connectivity index (χ4n) is 1.61. The van der Waals surface area contributed by atoms with Crippen LogP contribution in [0.1, 0.15) is 22.8 Å². The van der Waals surface area contributed by atoms with Crippen LogP contribution in [-0.2, 0) is 9.53 Å². The second kappa shape index (κ2) is 11.2. The van der Waals surface area contributed by atoms with Gasteiger partial charge in [0.15, 0.2) is 6.29 Å². The molecule has 0 saturated heterocycles. The Morgan fingerprint density at radius 2 is 1.48 bits per heavy atom. The van der Waals surface area contributed by atoms with E-state index in [4.69, 9.17) is 51.1 Å². The molecule has 0 aliphatic carbocycles. The molecule has 0 unspecified atom stereocenters. The first-order valence-corrected chi connectivity index (χ1v) is 8.59. The Bertz CT molecular complexity index is 773. The highest BCUT2D eigenvalue weighted by Gasteiger charge is 2.02. The zero-order valence-electron chi connectivity index (χ0n) is 13.1. The summed E-state index contributed by atoms with van der Waals surface area (Å²) in [6.07, 6.45) is 3.57. The smallest absolute Gasteiger partial charge is 0.330 e. The molecule has 2 rings (SSSR count). The Hall–Kier alpha value is -1.52. The van der Waals surface area contributed by atoms with Crippen LogP contribution in [-0.4, -0.2) is 18.9 Å². The monoisotopic (exact) mass is 418 g/mol. The van der Waals surface area contributed by atoms with Gasteiger partial charge in [-0.05, 0) is 30.7 Å². The van der Waals surface area contributed by atoms with Gasteiger partial charge in [-0.2, -0.15) is 0 Å².